The van der Waals surface area contributed by atoms with E-state index in [4.69, 9.17) is 10.5 Å². The van der Waals surface area contributed by atoms with Crippen molar-refractivity contribution >= 4 is 47.3 Å². The van der Waals surface area contributed by atoms with Gasteiger partial charge in [-0.15, -0.1) is 24.8 Å². The summed E-state index contributed by atoms with van der Waals surface area (Å²) in [7, 11) is 4.13. The molecule has 3 rings (SSSR count). The van der Waals surface area contributed by atoms with Crippen LogP contribution in [0, 0.1) is 5.41 Å². The van der Waals surface area contributed by atoms with Gasteiger partial charge in [0.05, 0.1) is 11.6 Å². The molecular formula is C21H34Cl2N4O2. The van der Waals surface area contributed by atoms with Crippen LogP contribution < -0.4 is 11.1 Å². The number of anilines is 1. The number of benzene rings is 1. The second-order valence-corrected chi connectivity index (χ2v) is 8.38. The maximum absolute atomic E-state index is 13.0. The third-order valence-corrected chi connectivity index (χ3v) is 6.06. The minimum absolute atomic E-state index is 0. The van der Waals surface area contributed by atoms with Crippen molar-refractivity contribution in [2.45, 2.75) is 45.4 Å². The first kappa shape index (κ1) is 25.7. The topological polar surface area (TPSA) is 72.5 Å². The van der Waals surface area contributed by atoms with Crippen LogP contribution in [0.15, 0.2) is 30.5 Å². The summed E-state index contributed by atoms with van der Waals surface area (Å²) in [6.45, 7) is 8.47. The van der Waals surface area contributed by atoms with Gasteiger partial charge in [-0.3, -0.25) is 4.79 Å². The van der Waals surface area contributed by atoms with Gasteiger partial charge in [-0.05, 0) is 44.6 Å². The molecule has 1 amide bonds. The number of carbonyl (C=O) groups excluding carboxylic acids is 1. The summed E-state index contributed by atoms with van der Waals surface area (Å²) in [5.41, 5.74) is 7.06. The highest BCUT2D eigenvalue weighted by molar-refractivity contribution is 6.01. The van der Waals surface area contributed by atoms with E-state index < -0.39 is 11.0 Å². The van der Waals surface area contributed by atoms with Crippen LogP contribution in [0.5, 0.6) is 0 Å². The molecule has 1 aromatic carbocycles. The van der Waals surface area contributed by atoms with E-state index in [0.717, 1.165) is 29.7 Å². The molecule has 2 atom stereocenters. The largest absolute Gasteiger partial charge is 0.378 e. The minimum Gasteiger partial charge on any atom is -0.378 e. The van der Waals surface area contributed by atoms with Crippen molar-refractivity contribution < 1.29 is 9.53 Å². The van der Waals surface area contributed by atoms with Gasteiger partial charge in [-0.2, -0.15) is 0 Å². The van der Waals surface area contributed by atoms with Crippen molar-refractivity contribution in [2.24, 2.45) is 11.1 Å². The van der Waals surface area contributed by atoms with E-state index >= 15 is 0 Å². The second-order valence-electron chi connectivity index (χ2n) is 8.38. The summed E-state index contributed by atoms with van der Waals surface area (Å²) in [6.07, 6.45) is 2.65. The molecule has 3 N–H and O–H groups in total. The molecular weight excluding hydrogens is 411 g/mol. The fraction of sp³-hybridized carbons (Fsp3) is 0.571. The second kappa shape index (κ2) is 9.67. The minimum atomic E-state index is -0.922. The molecule has 1 saturated carbocycles. The van der Waals surface area contributed by atoms with Gasteiger partial charge in [0.2, 0.25) is 5.91 Å². The average Bonchev–Trinajstić information content (AvgIpc) is 3.01. The van der Waals surface area contributed by atoms with E-state index in [9.17, 15) is 4.79 Å². The third-order valence-electron chi connectivity index (χ3n) is 6.06. The summed E-state index contributed by atoms with van der Waals surface area (Å²) in [5.74, 6) is -0.144. The van der Waals surface area contributed by atoms with E-state index in [0.29, 0.717) is 13.0 Å². The quantitative estimate of drug-likeness (QED) is 0.684. The van der Waals surface area contributed by atoms with Gasteiger partial charge in [0.1, 0.15) is 5.54 Å². The van der Waals surface area contributed by atoms with Crippen LogP contribution >= 0.6 is 24.8 Å². The molecule has 2 unspecified atom stereocenters. The monoisotopic (exact) mass is 444 g/mol. The predicted octanol–water partition coefficient (Wildman–Crippen LogP) is 3.52. The number of aromatic nitrogens is 1. The Labute approximate surface area is 186 Å². The maximum Gasteiger partial charge on any atom is 0.245 e. The lowest BCUT2D eigenvalue weighted by atomic mass is 9.54. The van der Waals surface area contributed by atoms with Crippen molar-refractivity contribution in [2.75, 3.05) is 32.6 Å². The van der Waals surface area contributed by atoms with Crippen molar-refractivity contribution in [3.05, 3.63) is 30.5 Å². The number of carbonyl (C=O) groups is 1. The van der Waals surface area contributed by atoms with Gasteiger partial charge in [0, 0.05) is 43.4 Å². The number of rotatable bonds is 7. The van der Waals surface area contributed by atoms with Gasteiger partial charge < -0.3 is 25.3 Å². The molecule has 8 heteroatoms. The number of ether oxygens (including phenoxy) is 1. The molecule has 1 fully saturated rings. The lowest BCUT2D eigenvalue weighted by Crippen LogP contribution is -2.74. The van der Waals surface area contributed by atoms with E-state index in [2.05, 4.69) is 41.1 Å². The Kier molecular flexibility index (Phi) is 8.57. The Morgan fingerprint density at radius 1 is 1.31 bits per heavy atom. The Morgan fingerprint density at radius 2 is 2.00 bits per heavy atom. The highest BCUT2D eigenvalue weighted by Crippen LogP contribution is 2.50. The van der Waals surface area contributed by atoms with Crippen molar-refractivity contribution in [3.63, 3.8) is 0 Å². The molecule has 1 aliphatic rings. The standard InChI is InChI=1S/C21H32N4O2.2ClH/c1-6-27-18-14-21(22,20(18,2)3)19(26)23-16-8-7-15-9-10-25(17(15)13-16)12-11-24(4)5;;/h7-10,13,18H,6,11-12,14,22H2,1-5H3,(H,23,26);2*1H. The summed E-state index contributed by atoms with van der Waals surface area (Å²) in [4.78, 5) is 15.1. The van der Waals surface area contributed by atoms with E-state index in [1.54, 1.807) is 0 Å². The number of hydrogen-bond donors (Lipinski definition) is 2. The zero-order valence-electron chi connectivity index (χ0n) is 17.9. The number of likely N-dealkylation sites (N-methyl/N-ethyl adjacent to an activating group) is 1. The van der Waals surface area contributed by atoms with Crippen LogP contribution in [0.4, 0.5) is 5.69 Å². The van der Waals surface area contributed by atoms with Crippen molar-refractivity contribution in [1.82, 2.24) is 9.47 Å². The van der Waals surface area contributed by atoms with Crippen molar-refractivity contribution in [1.29, 1.82) is 0 Å². The van der Waals surface area contributed by atoms with E-state index in [1.807, 2.05) is 39.0 Å². The Balaban J connectivity index is 0.00000210. The first-order chi connectivity index (χ1) is 12.7. The summed E-state index contributed by atoms with van der Waals surface area (Å²) < 4.78 is 7.94. The molecule has 1 aromatic heterocycles. The molecule has 0 bridgehead atoms. The van der Waals surface area contributed by atoms with Gasteiger partial charge in [0.25, 0.3) is 0 Å². The molecule has 164 valence electrons. The van der Waals surface area contributed by atoms with Crippen LogP contribution in [0.1, 0.15) is 27.2 Å². The smallest absolute Gasteiger partial charge is 0.245 e. The van der Waals surface area contributed by atoms with Crippen LogP contribution in [-0.2, 0) is 16.1 Å². The summed E-state index contributed by atoms with van der Waals surface area (Å²) >= 11 is 0. The first-order valence-corrected chi connectivity index (χ1v) is 9.64. The van der Waals surface area contributed by atoms with Crippen LogP contribution in [0.2, 0.25) is 0 Å². The molecule has 0 radical (unpaired) electrons. The fourth-order valence-corrected chi connectivity index (χ4v) is 3.83. The first-order valence-electron chi connectivity index (χ1n) is 9.64. The zero-order valence-corrected chi connectivity index (χ0v) is 19.5. The number of hydrogen-bond acceptors (Lipinski definition) is 4. The van der Waals surface area contributed by atoms with Crippen molar-refractivity contribution in [3.8, 4) is 0 Å². The molecule has 2 aromatic rings. The fourth-order valence-electron chi connectivity index (χ4n) is 3.83. The Morgan fingerprint density at radius 3 is 2.59 bits per heavy atom. The average molecular weight is 445 g/mol. The SMILES string of the molecule is CCOC1CC(N)(C(=O)Nc2ccc3ccn(CCN(C)C)c3c2)C1(C)C.Cl.Cl. The molecule has 0 spiro atoms. The zero-order chi connectivity index (χ0) is 19.8. The van der Waals surface area contributed by atoms with Crippen LogP contribution in [0.3, 0.4) is 0 Å². The number of halogens is 2. The normalized spacial score (nSPS) is 22.5. The lowest BCUT2D eigenvalue weighted by molar-refractivity contribution is -0.166. The maximum atomic E-state index is 13.0. The molecule has 0 saturated heterocycles. The molecule has 1 aliphatic carbocycles. The summed E-state index contributed by atoms with van der Waals surface area (Å²) in [5, 5.41) is 4.20. The molecule has 0 aliphatic heterocycles. The van der Waals surface area contributed by atoms with Gasteiger partial charge in [-0.1, -0.05) is 19.9 Å². The molecule has 6 nitrogen and oxygen atoms in total. The van der Waals surface area contributed by atoms with E-state index in [1.165, 1.54) is 0 Å². The highest BCUT2D eigenvalue weighted by atomic mass is 35.5. The lowest BCUT2D eigenvalue weighted by Gasteiger charge is -2.57. The summed E-state index contributed by atoms with van der Waals surface area (Å²) in [6, 6.07) is 8.10. The van der Waals surface area contributed by atoms with Crippen LogP contribution in [-0.4, -0.2) is 54.3 Å². The van der Waals surface area contributed by atoms with Gasteiger partial charge in [-0.25, -0.2) is 0 Å². The highest BCUT2D eigenvalue weighted by Gasteiger charge is 2.62. The number of fused-ring (bicyclic) bond motifs is 1. The predicted molar refractivity (Wildman–Crippen MR) is 124 cm³/mol. The Hall–Kier alpha value is -1.31. The number of amides is 1. The number of nitrogens with two attached hydrogens (primary N) is 1. The van der Waals surface area contributed by atoms with Crippen LogP contribution in [0.25, 0.3) is 10.9 Å². The number of nitrogens with zero attached hydrogens (tertiary/aromatic N) is 2. The number of nitrogens with one attached hydrogen (secondary N) is 1. The third kappa shape index (κ3) is 4.72. The molecule has 1 heterocycles. The molecule has 29 heavy (non-hydrogen) atoms. The van der Waals surface area contributed by atoms with Gasteiger partial charge >= 0.3 is 0 Å². The Bertz CT molecular complexity index is 837. The van der Waals surface area contributed by atoms with E-state index in [-0.39, 0.29) is 36.8 Å². The van der Waals surface area contributed by atoms with Gasteiger partial charge in [0.15, 0.2) is 0 Å².